The maximum absolute atomic E-state index is 3.38. The van der Waals surface area contributed by atoms with Crippen molar-refractivity contribution in [3.8, 4) is 0 Å². The molecule has 0 N–H and O–H groups in total. The molecular formula is C51H69BN2S. The molecule has 55 heavy (non-hydrogen) atoms. The van der Waals surface area contributed by atoms with E-state index < -0.39 is 0 Å². The first-order valence-electron chi connectivity index (χ1n) is 23.4. The third kappa shape index (κ3) is 5.37. The largest absolute Gasteiger partial charge is 0.362 e. The van der Waals surface area contributed by atoms with E-state index in [0.717, 1.165) is 42.0 Å². The van der Waals surface area contributed by atoms with Crippen molar-refractivity contribution in [1.29, 1.82) is 0 Å². The summed E-state index contributed by atoms with van der Waals surface area (Å²) in [5.41, 5.74) is 8.45. The average Bonchev–Trinajstić information content (AvgIpc) is 3.67. The predicted molar refractivity (Wildman–Crippen MR) is 235 cm³/mol. The SMILES string of the molecule is CC(C)(C)C1C=CC2=C(C1)C1C(S2)B2C3=C(CC(C4CC=CCC4)CC3N3C4C2CC(C2=CC=CCC2)CC4C2(CCCCC2)C3(C)C)N1C1C=CC=CC1. The van der Waals surface area contributed by atoms with E-state index in [1.165, 1.54) is 96.3 Å². The number of allylic oxidation sites excluding steroid dienone is 11. The number of hydrogen-bond acceptors (Lipinski definition) is 3. The Labute approximate surface area is 339 Å². The first-order valence-corrected chi connectivity index (χ1v) is 24.3. The smallest absolute Gasteiger partial charge is 0.197 e. The molecule has 292 valence electrons. The maximum Gasteiger partial charge on any atom is 0.197 e. The number of nitrogens with zero attached hydrogens (tertiary/aromatic N) is 2. The van der Waals surface area contributed by atoms with E-state index in [1.807, 2.05) is 22.3 Å². The fourth-order valence-electron chi connectivity index (χ4n) is 16.0. The molecule has 4 heterocycles. The molecule has 11 atom stereocenters. The zero-order valence-electron chi connectivity index (χ0n) is 34.9. The lowest BCUT2D eigenvalue weighted by Crippen LogP contribution is -2.70. The van der Waals surface area contributed by atoms with Crippen LogP contribution in [0.25, 0.3) is 0 Å². The molecule has 7 aliphatic carbocycles. The van der Waals surface area contributed by atoms with Gasteiger partial charge < -0.3 is 4.90 Å². The van der Waals surface area contributed by atoms with Crippen LogP contribution in [0.15, 0.2) is 94.1 Å². The van der Waals surface area contributed by atoms with Gasteiger partial charge in [0, 0.05) is 33.4 Å². The summed E-state index contributed by atoms with van der Waals surface area (Å²) in [7, 11) is 0. The molecule has 2 nitrogen and oxygen atoms in total. The molecule has 4 fully saturated rings. The van der Waals surface area contributed by atoms with Crippen molar-refractivity contribution < 1.29 is 0 Å². The van der Waals surface area contributed by atoms with Gasteiger partial charge in [-0.05, 0) is 149 Å². The van der Waals surface area contributed by atoms with Gasteiger partial charge in [-0.1, -0.05) is 118 Å². The van der Waals surface area contributed by atoms with Crippen molar-refractivity contribution >= 4 is 18.5 Å². The van der Waals surface area contributed by atoms with Crippen molar-refractivity contribution in [2.75, 3.05) is 0 Å². The molecule has 0 aromatic carbocycles. The summed E-state index contributed by atoms with van der Waals surface area (Å²) in [5.74, 6) is 4.60. The van der Waals surface area contributed by atoms with Gasteiger partial charge in [0.15, 0.2) is 6.71 Å². The second-order valence-corrected chi connectivity index (χ2v) is 23.2. The molecule has 4 heteroatoms. The Balaban J connectivity index is 1.12. The van der Waals surface area contributed by atoms with E-state index in [4.69, 9.17) is 0 Å². The van der Waals surface area contributed by atoms with E-state index in [0.29, 0.717) is 41.3 Å². The van der Waals surface area contributed by atoms with Crippen LogP contribution in [0, 0.1) is 40.4 Å². The summed E-state index contributed by atoms with van der Waals surface area (Å²) < 4.78 is 0. The highest BCUT2D eigenvalue weighted by Gasteiger charge is 2.73. The number of fused-ring (bicyclic) bond motifs is 6. The standard InChI is InChI=1S/C51H69BN2S/c1-49(2,3)37-24-25-44-39(32-37)46-48(55-44)52-41-29-35(33-18-10-6-11-19-33)28-40-47(41)54(50(4,5)51(40)26-16-9-17-27-51)43-31-36(34-20-12-7-13-21-34)30-42(45(43)52)53(46)38-22-14-8-15-23-38/h6-8,10,12,14-15,18,22,24-25,34-38,40-41,43,46-48H,9,11,13,16-17,19-21,23,26-32H2,1-5H3. The summed E-state index contributed by atoms with van der Waals surface area (Å²) in [6, 6.07) is 2.36. The second-order valence-electron chi connectivity index (χ2n) is 22.0. The molecule has 11 aliphatic rings. The first-order chi connectivity index (χ1) is 26.7. The lowest BCUT2D eigenvalue weighted by molar-refractivity contribution is -0.0117. The molecule has 11 unspecified atom stereocenters. The Morgan fingerprint density at radius 3 is 2.47 bits per heavy atom. The van der Waals surface area contributed by atoms with Gasteiger partial charge in [0.1, 0.15) is 0 Å². The van der Waals surface area contributed by atoms with Gasteiger partial charge in [-0.3, -0.25) is 4.90 Å². The van der Waals surface area contributed by atoms with Crippen LogP contribution < -0.4 is 0 Å². The molecule has 0 bridgehead atoms. The fourth-order valence-corrected chi connectivity index (χ4v) is 17.7. The average molecular weight is 753 g/mol. The van der Waals surface area contributed by atoms with E-state index in [9.17, 15) is 0 Å². The van der Waals surface area contributed by atoms with Gasteiger partial charge >= 0.3 is 0 Å². The number of rotatable bonds is 3. The van der Waals surface area contributed by atoms with Crippen LogP contribution in [-0.4, -0.2) is 51.4 Å². The predicted octanol–water partition coefficient (Wildman–Crippen LogP) is 12.6. The Morgan fingerprint density at radius 1 is 0.855 bits per heavy atom. The molecule has 0 aromatic heterocycles. The normalized spacial score (nSPS) is 42.4. The Morgan fingerprint density at radius 2 is 1.73 bits per heavy atom. The zero-order valence-corrected chi connectivity index (χ0v) is 35.7. The number of thioether (sulfide) groups is 1. The van der Waals surface area contributed by atoms with E-state index in [2.05, 4.69) is 123 Å². The number of hydrogen-bond donors (Lipinski definition) is 0. The lowest BCUT2D eigenvalue weighted by Gasteiger charge is -2.63. The summed E-state index contributed by atoms with van der Waals surface area (Å²) in [4.78, 5) is 8.23. The minimum Gasteiger partial charge on any atom is -0.362 e. The van der Waals surface area contributed by atoms with Gasteiger partial charge in [-0.15, -0.1) is 11.8 Å². The fraction of sp³-hybridized carbons (Fsp3) is 0.686. The third-order valence-electron chi connectivity index (χ3n) is 18.5. The molecule has 1 spiro atoms. The molecule has 4 aliphatic heterocycles. The van der Waals surface area contributed by atoms with Crippen LogP contribution in [0.3, 0.4) is 0 Å². The van der Waals surface area contributed by atoms with Gasteiger partial charge in [0.05, 0.1) is 12.1 Å². The third-order valence-corrected chi connectivity index (χ3v) is 20.0. The Bertz CT molecular complexity index is 1820. The highest BCUT2D eigenvalue weighted by atomic mass is 32.2. The van der Waals surface area contributed by atoms with Crippen molar-refractivity contribution in [2.45, 2.75) is 178 Å². The van der Waals surface area contributed by atoms with Crippen LogP contribution in [0.1, 0.15) is 137 Å². The van der Waals surface area contributed by atoms with Crippen molar-refractivity contribution in [2.24, 2.45) is 40.4 Å². The van der Waals surface area contributed by atoms with Crippen molar-refractivity contribution in [3.05, 3.63) is 94.1 Å². The highest BCUT2D eigenvalue weighted by molar-refractivity contribution is 8.05. The van der Waals surface area contributed by atoms with Crippen LogP contribution >= 0.6 is 11.8 Å². The Kier molecular flexibility index (Phi) is 8.76. The maximum atomic E-state index is 3.38. The van der Waals surface area contributed by atoms with Crippen LogP contribution in [-0.2, 0) is 0 Å². The van der Waals surface area contributed by atoms with Gasteiger partial charge in [0.25, 0.3) is 0 Å². The molecule has 2 saturated heterocycles. The molecule has 0 aromatic rings. The first kappa shape index (κ1) is 36.2. The van der Waals surface area contributed by atoms with Crippen molar-refractivity contribution in [1.82, 2.24) is 9.80 Å². The minimum absolute atomic E-state index is 0.233. The molecule has 11 rings (SSSR count). The van der Waals surface area contributed by atoms with Gasteiger partial charge in [-0.25, -0.2) is 0 Å². The zero-order chi connectivity index (χ0) is 37.3. The van der Waals surface area contributed by atoms with Crippen LogP contribution in [0.4, 0.5) is 0 Å². The summed E-state index contributed by atoms with van der Waals surface area (Å²) in [6.07, 6.45) is 49.5. The lowest BCUT2D eigenvalue weighted by atomic mass is 9.25. The molecule has 2 saturated carbocycles. The molecule has 0 amide bonds. The van der Waals surface area contributed by atoms with E-state index in [1.54, 1.807) is 4.91 Å². The molecular weight excluding hydrogens is 683 g/mol. The van der Waals surface area contributed by atoms with Crippen LogP contribution in [0.5, 0.6) is 0 Å². The van der Waals surface area contributed by atoms with Crippen molar-refractivity contribution in [3.63, 3.8) is 0 Å². The Hall–Kier alpha value is -1.91. The summed E-state index contributed by atoms with van der Waals surface area (Å²) in [6.45, 7) is 13.8. The van der Waals surface area contributed by atoms with Crippen LogP contribution in [0.2, 0.25) is 5.82 Å². The quantitative estimate of drug-likeness (QED) is 0.209. The second kappa shape index (κ2) is 13.3. The summed E-state index contributed by atoms with van der Waals surface area (Å²) in [5, 5.41) is 0.640. The minimum atomic E-state index is 0.233. The monoisotopic (exact) mass is 753 g/mol. The summed E-state index contributed by atoms with van der Waals surface area (Å²) >= 11 is 2.38. The topological polar surface area (TPSA) is 6.48 Å². The molecule has 0 radical (unpaired) electrons. The van der Waals surface area contributed by atoms with Gasteiger partial charge in [-0.2, -0.15) is 0 Å². The van der Waals surface area contributed by atoms with E-state index in [-0.39, 0.29) is 11.0 Å². The van der Waals surface area contributed by atoms with Gasteiger partial charge in [0.2, 0.25) is 0 Å². The highest BCUT2D eigenvalue weighted by Crippen LogP contribution is 2.72. The van der Waals surface area contributed by atoms with E-state index >= 15 is 0 Å².